The van der Waals surface area contributed by atoms with Gasteiger partial charge in [0.15, 0.2) is 0 Å². The van der Waals surface area contributed by atoms with Crippen molar-refractivity contribution in [2.24, 2.45) is 5.73 Å². The van der Waals surface area contributed by atoms with Gasteiger partial charge in [-0.1, -0.05) is 36.4 Å². The van der Waals surface area contributed by atoms with E-state index in [9.17, 15) is 34.1 Å². The summed E-state index contributed by atoms with van der Waals surface area (Å²) in [4.78, 5) is 65.4. The summed E-state index contributed by atoms with van der Waals surface area (Å²) in [7, 11) is -1.64. The minimum absolute atomic E-state index is 0.00110. The number of urea groups is 1. The Bertz CT molecular complexity index is 1340. The lowest BCUT2D eigenvalue weighted by molar-refractivity contribution is -0.153. The number of nitrogens with one attached hydrogen (secondary N) is 2. The number of piperazine rings is 1. The van der Waals surface area contributed by atoms with Crippen LogP contribution < -0.4 is 25.8 Å². The zero-order valence-corrected chi connectivity index (χ0v) is 22.2. The molecule has 0 saturated carbocycles. The Morgan fingerprint density at radius 3 is 2.54 bits per heavy atom. The molecule has 15 heteroatoms. The second kappa shape index (κ2) is 12.7. The Morgan fingerprint density at radius 2 is 1.88 bits per heavy atom. The number of fused-ring (bicyclic) bond motifs is 1. The summed E-state index contributed by atoms with van der Waals surface area (Å²) in [6, 6.07) is 9.00. The largest absolute Gasteiger partial charge is 0.547 e. The van der Waals surface area contributed by atoms with Crippen LogP contribution in [0.4, 0.5) is 4.79 Å². The molecule has 0 radical (unpaired) electrons. The Balaban J connectivity index is 1.54. The van der Waals surface area contributed by atoms with Crippen molar-refractivity contribution < 1.29 is 43.5 Å². The van der Waals surface area contributed by atoms with Gasteiger partial charge in [0.1, 0.15) is 29.7 Å². The van der Waals surface area contributed by atoms with Gasteiger partial charge in [-0.15, -0.1) is 0 Å². The molecule has 0 aromatic heterocycles. The van der Waals surface area contributed by atoms with Crippen LogP contribution in [-0.2, 0) is 20.8 Å². The topological polar surface area (TPSA) is 201 Å². The average Bonchev–Trinajstić information content (AvgIpc) is 2.96. The molecule has 2 aliphatic rings. The van der Waals surface area contributed by atoms with Gasteiger partial charge < -0.3 is 40.8 Å². The number of aromatic carboxylic acids is 1. The number of nitrogens with two attached hydrogens (primary N) is 1. The molecule has 2 aromatic carbocycles. The second-order valence-corrected chi connectivity index (χ2v) is 9.33. The van der Waals surface area contributed by atoms with Crippen molar-refractivity contribution in [3.63, 3.8) is 0 Å². The van der Waals surface area contributed by atoms with Gasteiger partial charge in [-0.2, -0.15) is 0 Å². The summed E-state index contributed by atoms with van der Waals surface area (Å²) in [5, 5.41) is 25.6. The van der Waals surface area contributed by atoms with E-state index in [2.05, 4.69) is 10.6 Å². The summed E-state index contributed by atoms with van der Waals surface area (Å²) in [5.41, 5.74) is 5.94. The third-order valence-corrected chi connectivity index (χ3v) is 6.74. The number of carbonyl (C=O) groups excluding carboxylic acids is 4. The number of hydrogen-bond acceptors (Lipinski definition) is 9. The lowest BCUT2D eigenvalue weighted by atomic mass is 9.72. The van der Waals surface area contributed by atoms with E-state index < -0.39 is 48.8 Å². The maximum absolute atomic E-state index is 13.5. The minimum atomic E-state index is -1.64. The molecule has 0 bridgehead atoms. The molecule has 41 heavy (non-hydrogen) atoms. The molecule has 2 heterocycles. The lowest BCUT2D eigenvalue weighted by Gasteiger charge is -2.33. The first-order valence-electron chi connectivity index (χ1n) is 13.0. The first-order valence-corrected chi connectivity index (χ1v) is 13.0. The number of hydrogen-bond donors (Lipinski definition) is 5. The number of likely N-dealkylation sites (N-methyl/N-ethyl adjacent to an activating group) is 1. The van der Waals surface area contributed by atoms with Crippen LogP contribution in [0.5, 0.6) is 11.5 Å². The normalized spacial score (nSPS) is 17.3. The first-order chi connectivity index (χ1) is 19.7. The van der Waals surface area contributed by atoms with Crippen LogP contribution >= 0.6 is 0 Å². The predicted molar refractivity (Wildman–Crippen MR) is 144 cm³/mol. The van der Waals surface area contributed by atoms with Gasteiger partial charge in [0.25, 0.3) is 0 Å². The predicted octanol–water partition coefficient (Wildman–Crippen LogP) is -0.697. The molecule has 1 saturated heterocycles. The zero-order chi connectivity index (χ0) is 29.7. The molecular weight excluding hydrogens is 537 g/mol. The molecule has 6 N–H and O–H groups in total. The molecule has 2 aliphatic heterocycles. The monoisotopic (exact) mass is 567 g/mol. The van der Waals surface area contributed by atoms with Crippen LogP contribution in [-0.4, -0.2) is 95.5 Å². The van der Waals surface area contributed by atoms with E-state index in [0.29, 0.717) is 17.7 Å². The highest BCUT2D eigenvalue weighted by Crippen LogP contribution is 2.36. The highest BCUT2D eigenvalue weighted by molar-refractivity contribution is 6.47. The Hall–Kier alpha value is -4.63. The van der Waals surface area contributed by atoms with E-state index in [-0.39, 0.29) is 49.7 Å². The van der Waals surface area contributed by atoms with Gasteiger partial charge in [-0.05, 0) is 30.5 Å². The summed E-state index contributed by atoms with van der Waals surface area (Å²) >= 11 is 0. The van der Waals surface area contributed by atoms with Crippen LogP contribution in [0.25, 0.3) is 0 Å². The Labute approximate surface area is 235 Å². The second-order valence-electron chi connectivity index (χ2n) is 9.33. The van der Waals surface area contributed by atoms with E-state index in [0.717, 1.165) is 4.90 Å². The molecule has 2 atom stereocenters. The van der Waals surface area contributed by atoms with Crippen molar-refractivity contribution in [2.75, 3.05) is 32.8 Å². The number of nitrogens with zero attached hydrogens (tertiary/aromatic N) is 2. The number of benzene rings is 2. The summed E-state index contributed by atoms with van der Waals surface area (Å²) in [6.07, 6.45) is 0.00110. The van der Waals surface area contributed by atoms with Crippen molar-refractivity contribution in [3.05, 3.63) is 59.2 Å². The molecule has 14 nitrogen and oxygen atoms in total. The summed E-state index contributed by atoms with van der Waals surface area (Å²) < 4.78 is 10.9. The van der Waals surface area contributed by atoms with Crippen LogP contribution in [0.2, 0.25) is 0 Å². The summed E-state index contributed by atoms with van der Waals surface area (Å²) in [6.45, 7) is 2.39. The molecule has 0 aliphatic carbocycles. The van der Waals surface area contributed by atoms with Crippen LogP contribution in [0.15, 0.2) is 42.5 Å². The molecular formula is C26H30BN5O9. The Kier molecular flexibility index (Phi) is 9.09. The number of rotatable bonds is 9. The van der Waals surface area contributed by atoms with Crippen molar-refractivity contribution >= 4 is 36.8 Å². The van der Waals surface area contributed by atoms with Crippen molar-refractivity contribution in [3.8, 4) is 11.5 Å². The van der Waals surface area contributed by atoms with E-state index in [1.807, 2.05) is 0 Å². The first kappa shape index (κ1) is 29.4. The third-order valence-electron chi connectivity index (χ3n) is 6.74. The number of amides is 5. The van der Waals surface area contributed by atoms with Gasteiger partial charge in [0, 0.05) is 26.2 Å². The standard InChI is InChI=1S/C26H30BN5O9/c1-2-31-11-12-32(24(35)23(31)34)26(38)30-20(15-6-4-3-5-7-15)22(33)29-18-14-16-8-9-17(40-13-10-28)19(25(36)37)21(16)41-27(18)39/h3-9,18,20,39H,2,10-14,28H2,1H3,(H,29,33)(H,30,38)(H,36,37)/t18-,20?/m0/s1. The fourth-order valence-electron chi connectivity index (χ4n) is 4.64. The van der Waals surface area contributed by atoms with E-state index in [4.69, 9.17) is 15.1 Å². The molecule has 1 fully saturated rings. The maximum Gasteiger partial charge on any atom is 0.547 e. The van der Waals surface area contributed by atoms with Gasteiger partial charge in [0.2, 0.25) is 5.91 Å². The highest BCUT2D eigenvalue weighted by Gasteiger charge is 2.41. The fourth-order valence-corrected chi connectivity index (χ4v) is 4.64. The number of carbonyl (C=O) groups is 5. The van der Waals surface area contributed by atoms with Crippen molar-refractivity contribution in [1.29, 1.82) is 0 Å². The molecule has 1 unspecified atom stereocenters. The van der Waals surface area contributed by atoms with Gasteiger partial charge in [-0.25, -0.2) is 9.59 Å². The third kappa shape index (κ3) is 6.25. The van der Waals surface area contributed by atoms with Gasteiger partial charge >= 0.3 is 30.9 Å². The number of imide groups is 1. The minimum Gasteiger partial charge on any atom is -0.534 e. The van der Waals surface area contributed by atoms with Gasteiger partial charge in [-0.3, -0.25) is 19.3 Å². The average molecular weight is 567 g/mol. The molecule has 216 valence electrons. The smallest absolute Gasteiger partial charge is 0.534 e. The molecule has 0 spiro atoms. The molecule has 2 aromatic rings. The van der Waals surface area contributed by atoms with Crippen molar-refractivity contribution in [1.82, 2.24) is 20.4 Å². The van der Waals surface area contributed by atoms with Crippen molar-refractivity contribution in [2.45, 2.75) is 25.3 Å². The lowest BCUT2D eigenvalue weighted by Crippen LogP contribution is -2.60. The van der Waals surface area contributed by atoms with Crippen LogP contribution in [0, 0.1) is 0 Å². The Morgan fingerprint density at radius 1 is 1.15 bits per heavy atom. The van der Waals surface area contributed by atoms with Gasteiger partial charge in [0.05, 0.1) is 5.94 Å². The maximum atomic E-state index is 13.5. The fraction of sp³-hybridized carbons (Fsp3) is 0.346. The summed E-state index contributed by atoms with van der Waals surface area (Å²) in [5.74, 6) is -4.96. The highest BCUT2D eigenvalue weighted by atomic mass is 16.5. The van der Waals surface area contributed by atoms with E-state index in [1.54, 1.807) is 43.3 Å². The number of carboxylic acids is 1. The molecule has 5 amide bonds. The molecule has 4 rings (SSSR count). The van der Waals surface area contributed by atoms with E-state index in [1.165, 1.54) is 11.0 Å². The quantitative estimate of drug-likeness (QED) is 0.191. The van der Waals surface area contributed by atoms with E-state index >= 15 is 0 Å². The zero-order valence-electron chi connectivity index (χ0n) is 22.2. The SMILES string of the molecule is CCN1CCN(C(=O)NC(C(=O)N[C@H]2Cc3ccc(OCCN)c(C(=O)O)c3OB2O)c2ccccc2)C(=O)C1=O. The number of carboxylic acid groups (broad SMARTS) is 1. The number of ether oxygens (including phenoxy) is 1. The van der Waals surface area contributed by atoms with Crippen LogP contribution in [0.1, 0.15) is 34.5 Å². The van der Waals surface area contributed by atoms with Crippen LogP contribution in [0.3, 0.4) is 0 Å².